The molecule has 0 aliphatic heterocycles. The van der Waals surface area contributed by atoms with E-state index in [0.29, 0.717) is 5.56 Å². The van der Waals surface area contributed by atoms with Gasteiger partial charge in [0.05, 0.1) is 6.61 Å². The lowest BCUT2D eigenvalue weighted by Crippen LogP contribution is -2.45. The second kappa shape index (κ2) is 10.8. The summed E-state index contributed by atoms with van der Waals surface area (Å²) in [6.45, 7) is 10.2. The molecule has 170 valence electrons. The number of aliphatic hydroxyl groups is 1. The SMILES string of the molecule is Cc1ccc(S(=O)(=O)N(Cc2ccc(C(=O)NCCO)cc2)C(C(C)C)C(C)C)cn1. The van der Waals surface area contributed by atoms with E-state index in [1.54, 1.807) is 40.7 Å². The highest BCUT2D eigenvalue weighted by molar-refractivity contribution is 7.89. The van der Waals surface area contributed by atoms with Gasteiger partial charge in [-0.25, -0.2) is 8.42 Å². The van der Waals surface area contributed by atoms with E-state index in [1.165, 1.54) is 6.20 Å². The Kier molecular flexibility index (Phi) is 8.73. The predicted octanol–water partition coefficient (Wildman–Crippen LogP) is 2.98. The largest absolute Gasteiger partial charge is 0.395 e. The highest BCUT2D eigenvalue weighted by Gasteiger charge is 2.35. The maximum absolute atomic E-state index is 13.6. The molecule has 2 N–H and O–H groups in total. The third-order valence-corrected chi connectivity index (χ3v) is 6.97. The van der Waals surface area contributed by atoms with E-state index in [1.807, 2.05) is 34.6 Å². The number of nitrogens with one attached hydrogen (secondary N) is 1. The molecular formula is C23H33N3O4S. The number of carbonyl (C=O) groups is 1. The number of aliphatic hydroxyl groups excluding tert-OH is 1. The van der Waals surface area contributed by atoms with Gasteiger partial charge in [0.1, 0.15) is 4.90 Å². The maximum atomic E-state index is 13.6. The van der Waals surface area contributed by atoms with Crippen LogP contribution in [0, 0.1) is 18.8 Å². The minimum absolute atomic E-state index is 0.108. The molecule has 2 aromatic rings. The van der Waals surface area contributed by atoms with Crippen molar-refractivity contribution in [1.82, 2.24) is 14.6 Å². The zero-order valence-electron chi connectivity index (χ0n) is 18.9. The molecule has 8 heteroatoms. The number of amides is 1. The molecule has 0 spiro atoms. The van der Waals surface area contributed by atoms with Gasteiger partial charge in [0.25, 0.3) is 5.91 Å². The van der Waals surface area contributed by atoms with Crippen molar-refractivity contribution in [1.29, 1.82) is 0 Å². The zero-order valence-corrected chi connectivity index (χ0v) is 19.7. The van der Waals surface area contributed by atoms with E-state index < -0.39 is 10.0 Å². The maximum Gasteiger partial charge on any atom is 0.251 e. The summed E-state index contributed by atoms with van der Waals surface area (Å²) in [7, 11) is -3.78. The van der Waals surface area contributed by atoms with Gasteiger partial charge in [-0.15, -0.1) is 0 Å². The van der Waals surface area contributed by atoms with E-state index in [2.05, 4.69) is 10.3 Å². The van der Waals surface area contributed by atoms with Crippen LogP contribution in [-0.2, 0) is 16.6 Å². The zero-order chi connectivity index (χ0) is 23.2. The van der Waals surface area contributed by atoms with Gasteiger partial charge in [-0.05, 0) is 48.6 Å². The summed E-state index contributed by atoms with van der Waals surface area (Å²) in [6.07, 6.45) is 1.41. The lowest BCUT2D eigenvalue weighted by molar-refractivity contribution is 0.0944. The number of pyridine rings is 1. The molecule has 1 aromatic heterocycles. The van der Waals surface area contributed by atoms with Gasteiger partial charge >= 0.3 is 0 Å². The molecule has 0 fully saturated rings. The first-order valence-corrected chi connectivity index (χ1v) is 11.9. The minimum Gasteiger partial charge on any atom is -0.395 e. The van der Waals surface area contributed by atoms with E-state index >= 15 is 0 Å². The van der Waals surface area contributed by atoms with Gasteiger partial charge in [-0.3, -0.25) is 9.78 Å². The Hall–Kier alpha value is -2.29. The molecule has 0 radical (unpaired) electrons. The van der Waals surface area contributed by atoms with Gasteiger partial charge in [0, 0.05) is 36.6 Å². The monoisotopic (exact) mass is 447 g/mol. The number of nitrogens with zero attached hydrogens (tertiary/aromatic N) is 2. The second-order valence-corrected chi connectivity index (χ2v) is 10.2. The highest BCUT2D eigenvalue weighted by Crippen LogP contribution is 2.28. The van der Waals surface area contributed by atoms with E-state index in [9.17, 15) is 13.2 Å². The van der Waals surface area contributed by atoms with Crippen LogP contribution < -0.4 is 5.32 Å². The third kappa shape index (κ3) is 6.35. The number of benzene rings is 1. The molecule has 1 aromatic carbocycles. The Morgan fingerprint density at radius 2 is 1.68 bits per heavy atom. The van der Waals surface area contributed by atoms with Crippen molar-refractivity contribution in [3.05, 3.63) is 59.4 Å². The minimum atomic E-state index is -3.78. The highest BCUT2D eigenvalue weighted by atomic mass is 32.2. The van der Waals surface area contributed by atoms with Crippen LogP contribution in [-0.4, -0.2) is 47.9 Å². The van der Waals surface area contributed by atoms with Crippen LogP contribution in [0.15, 0.2) is 47.5 Å². The average Bonchev–Trinajstić information content (AvgIpc) is 2.71. The van der Waals surface area contributed by atoms with Gasteiger partial charge in [-0.1, -0.05) is 39.8 Å². The fraction of sp³-hybridized carbons (Fsp3) is 0.478. The Labute approximate surface area is 185 Å². The molecule has 0 unspecified atom stereocenters. The van der Waals surface area contributed by atoms with Gasteiger partial charge in [-0.2, -0.15) is 4.31 Å². The Morgan fingerprint density at radius 3 is 2.16 bits per heavy atom. The first-order chi connectivity index (χ1) is 14.6. The molecule has 0 saturated heterocycles. The topological polar surface area (TPSA) is 99.6 Å². The number of rotatable bonds is 10. The summed E-state index contributed by atoms with van der Waals surface area (Å²) >= 11 is 0. The summed E-state index contributed by atoms with van der Waals surface area (Å²) in [4.78, 5) is 16.4. The summed E-state index contributed by atoms with van der Waals surface area (Å²) in [6, 6.07) is 9.95. The summed E-state index contributed by atoms with van der Waals surface area (Å²) in [5.74, 6) is -0.0634. The van der Waals surface area contributed by atoms with Crippen LogP contribution in [0.25, 0.3) is 0 Å². The van der Waals surface area contributed by atoms with E-state index in [-0.39, 0.29) is 48.4 Å². The first kappa shape index (κ1) is 25.0. The van der Waals surface area contributed by atoms with E-state index in [0.717, 1.165) is 11.3 Å². The molecule has 0 bridgehead atoms. The Bertz CT molecular complexity index is 947. The molecule has 0 atom stereocenters. The molecule has 0 aliphatic rings. The summed E-state index contributed by atoms with van der Waals surface area (Å²) < 4.78 is 28.7. The van der Waals surface area contributed by atoms with E-state index in [4.69, 9.17) is 5.11 Å². The number of sulfonamides is 1. The van der Waals surface area contributed by atoms with Crippen LogP contribution >= 0.6 is 0 Å². The van der Waals surface area contributed by atoms with Crippen LogP contribution in [0.3, 0.4) is 0 Å². The smallest absolute Gasteiger partial charge is 0.251 e. The van der Waals surface area contributed by atoms with Crippen molar-refractivity contribution >= 4 is 15.9 Å². The Balaban J connectivity index is 2.40. The number of carbonyl (C=O) groups excluding carboxylic acids is 1. The van der Waals surface area contributed by atoms with Crippen molar-refractivity contribution < 1.29 is 18.3 Å². The lowest BCUT2D eigenvalue weighted by atomic mass is 9.93. The molecule has 1 heterocycles. The molecule has 0 saturated carbocycles. The summed E-state index contributed by atoms with van der Waals surface area (Å²) in [5.41, 5.74) is 2.00. The molecule has 0 aliphatic carbocycles. The summed E-state index contributed by atoms with van der Waals surface area (Å²) in [5, 5.41) is 11.5. The normalized spacial score (nSPS) is 12.2. The van der Waals surface area contributed by atoms with Crippen molar-refractivity contribution in [3.63, 3.8) is 0 Å². The molecule has 31 heavy (non-hydrogen) atoms. The lowest BCUT2D eigenvalue weighted by Gasteiger charge is -2.36. The van der Waals surface area contributed by atoms with Crippen LogP contribution in [0.5, 0.6) is 0 Å². The van der Waals surface area contributed by atoms with Gasteiger partial charge < -0.3 is 10.4 Å². The fourth-order valence-corrected chi connectivity index (χ4v) is 5.56. The van der Waals surface area contributed by atoms with Crippen molar-refractivity contribution in [3.8, 4) is 0 Å². The number of hydrogen-bond donors (Lipinski definition) is 2. The molecular weight excluding hydrogens is 414 g/mol. The van der Waals surface area contributed by atoms with Crippen LogP contribution in [0.1, 0.15) is 49.3 Å². The quantitative estimate of drug-likeness (QED) is 0.583. The third-order valence-electron chi connectivity index (χ3n) is 5.14. The van der Waals surface area contributed by atoms with Crippen molar-refractivity contribution in [2.24, 2.45) is 11.8 Å². The first-order valence-electron chi connectivity index (χ1n) is 10.5. The number of aryl methyl sites for hydroxylation is 1. The predicted molar refractivity (Wildman–Crippen MR) is 121 cm³/mol. The van der Waals surface area contributed by atoms with Crippen molar-refractivity contribution in [2.75, 3.05) is 13.2 Å². The van der Waals surface area contributed by atoms with Crippen LogP contribution in [0.4, 0.5) is 0 Å². The van der Waals surface area contributed by atoms with Crippen molar-refractivity contribution in [2.45, 2.75) is 52.1 Å². The second-order valence-electron chi connectivity index (χ2n) is 8.34. The molecule has 2 rings (SSSR count). The van der Waals surface area contributed by atoms with Crippen LogP contribution in [0.2, 0.25) is 0 Å². The standard InChI is InChI=1S/C23H33N3O4S/c1-16(2)22(17(3)4)26(31(29,30)21-11-6-18(5)25-14-21)15-19-7-9-20(10-8-19)23(28)24-12-13-27/h6-11,14,16-17,22,27H,12-13,15H2,1-5H3,(H,24,28). The fourth-order valence-electron chi connectivity index (χ4n) is 3.74. The van der Waals surface area contributed by atoms with Gasteiger partial charge in [0.2, 0.25) is 10.0 Å². The Morgan fingerprint density at radius 1 is 1.06 bits per heavy atom. The average molecular weight is 448 g/mol. The number of hydrogen-bond acceptors (Lipinski definition) is 5. The van der Waals surface area contributed by atoms with Gasteiger partial charge in [0.15, 0.2) is 0 Å². The molecule has 1 amide bonds. The number of aromatic nitrogens is 1. The molecule has 7 nitrogen and oxygen atoms in total.